The quantitative estimate of drug-likeness (QED) is 0.177. The fourth-order valence-electron chi connectivity index (χ4n) is 6.99. The highest BCUT2D eigenvalue weighted by molar-refractivity contribution is 7.26. The van der Waals surface area contributed by atoms with Gasteiger partial charge in [-0.25, -0.2) is 0 Å². The van der Waals surface area contributed by atoms with Gasteiger partial charge in [-0.2, -0.15) is 0 Å². The van der Waals surface area contributed by atoms with Crippen LogP contribution in [-0.2, 0) is 0 Å². The molecule has 0 unspecified atom stereocenters. The van der Waals surface area contributed by atoms with Gasteiger partial charge >= 0.3 is 0 Å². The Morgan fingerprint density at radius 3 is 1.69 bits per heavy atom. The number of thiophene rings is 1. The van der Waals surface area contributed by atoms with E-state index < -0.39 is 0 Å². The fourth-order valence-corrected chi connectivity index (χ4v) is 8.12. The van der Waals surface area contributed by atoms with Gasteiger partial charge in [-0.3, -0.25) is 0 Å². The van der Waals surface area contributed by atoms with Crippen LogP contribution in [0.2, 0.25) is 0 Å². The lowest BCUT2D eigenvalue weighted by molar-refractivity contribution is 1.30. The van der Waals surface area contributed by atoms with Crippen molar-refractivity contribution in [1.82, 2.24) is 0 Å². The van der Waals surface area contributed by atoms with Gasteiger partial charge in [0.15, 0.2) is 0 Å². The minimum atomic E-state index is 1.12. The molecule has 226 valence electrons. The first kappa shape index (κ1) is 28.3. The second-order valence-electron chi connectivity index (χ2n) is 12.2. The molecule has 0 aliphatic rings. The van der Waals surface area contributed by atoms with E-state index in [0.717, 1.165) is 11.4 Å². The van der Waals surface area contributed by atoms with E-state index in [1.165, 1.54) is 70.0 Å². The van der Waals surface area contributed by atoms with Crippen molar-refractivity contribution < 1.29 is 0 Å². The Balaban J connectivity index is 1.34. The van der Waals surface area contributed by atoms with Crippen molar-refractivity contribution in [2.45, 2.75) is 0 Å². The van der Waals surface area contributed by atoms with E-state index >= 15 is 0 Å². The summed E-state index contributed by atoms with van der Waals surface area (Å²) in [7, 11) is 0. The van der Waals surface area contributed by atoms with Gasteiger partial charge in [0.05, 0.1) is 5.69 Å². The summed E-state index contributed by atoms with van der Waals surface area (Å²) < 4.78 is 2.58. The molecular weight excluding hydrogens is 599 g/mol. The summed E-state index contributed by atoms with van der Waals surface area (Å²) in [5.74, 6) is 0. The van der Waals surface area contributed by atoms with Gasteiger partial charge in [0.2, 0.25) is 0 Å². The molecular formula is C46H31NS. The summed E-state index contributed by atoms with van der Waals surface area (Å²) in [6, 6.07) is 68.3. The van der Waals surface area contributed by atoms with Gasteiger partial charge in [-0.05, 0) is 92.7 Å². The van der Waals surface area contributed by atoms with Crippen LogP contribution >= 0.6 is 11.3 Å². The Kier molecular flexibility index (Phi) is 7.07. The average molecular weight is 630 g/mol. The van der Waals surface area contributed by atoms with E-state index in [1.807, 2.05) is 11.3 Å². The monoisotopic (exact) mass is 629 g/mol. The summed E-state index contributed by atoms with van der Waals surface area (Å²) >= 11 is 1.86. The van der Waals surface area contributed by atoms with Gasteiger partial charge in [0.25, 0.3) is 0 Å². The largest absolute Gasteiger partial charge is 0.310 e. The molecule has 0 atom stereocenters. The van der Waals surface area contributed by atoms with Crippen molar-refractivity contribution in [3.8, 4) is 33.4 Å². The fraction of sp³-hybridized carbons (Fsp3) is 0. The van der Waals surface area contributed by atoms with E-state index in [2.05, 4.69) is 193 Å². The van der Waals surface area contributed by atoms with Crippen molar-refractivity contribution >= 4 is 59.3 Å². The molecule has 0 spiro atoms. The normalized spacial score (nSPS) is 11.3. The Labute approximate surface area is 284 Å². The van der Waals surface area contributed by atoms with Crippen LogP contribution in [0, 0.1) is 0 Å². The summed E-state index contributed by atoms with van der Waals surface area (Å²) in [6.45, 7) is 0. The maximum atomic E-state index is 2.47. The van der Waals surface area contributed by atoms with Crippen LogP contribution < -0.4 is 4.90 Å². The predicted octanol–water partition coefficient (Wildman–Crippen LogP) is 13.7. The molecule has 0 saturated carbocycles. The molecule has 1 aromatic heterocycles. The highest BCUT2D eigenvalue weighted by Gasteiger charge is 2.21. The molecule has 0 amide bonds. The molecule has 0 N–H and O–H groups in total. The molecule has 2 heteroatoms. The molecule has 1 nitrogen and oxygen atoms in total. The summed E-state index contributed by atoms with van der Waals surface area (Å²) in [5.41, 5.74) is 10.6. The van der Waals surface area contributed by atoms with Crippen molar-refractivity contribution in [2.75, 3.05) is 4.90 Å². The van der Waals surface area contributed by atoms with Gasteiger partial charge in [-0.15, -0.1) is 11.3 Å². The van der Waals surface area contributed by atoms with Crippen LogP contribution in [-0.4, -0.2) is 0 Å². The van der Waals surface area contributed by atoms with E-state index in [-0.39, 0.29) is 0 Å². The van der Waals surface area contributed by atoms with Crippen LogP contribution in [0.1, 0.15) is 0 Å². The molecule has 0 aliphatic heterocycles. The van der Waals surface area contributed by atoms with E-state index in [4.69, 9.17) is 0 Å². The first-order valence-electron chi connectivity index (χ1n) is 16.3. The number of hydrogen-bond acceptors (Lipinski definition) is 2. The standard InChI is InChI=1S/C46H31NS/c1-3-14-32(15-4-1)36-28-37(33-16-5-2-6-17-33)31-39(30-36)47(43-25-13-27-45-46(43)42-23-9-10-26-44(42)48-45)38-21-11-20-35(29-38)41-24-12-19-34-18-7-8-22-40(34)41/h1-31H. The zero-order valence-corrected chi connectivity index (χ0v) is 27.1. The van der Waals surface area contributed by atoms with Crippen LogP contribution in [0.3, 0.4) is 0 Å². The molecule has 0 saturated heterocycles. The number of rotatable bonds is 6. The Morgan fingerprint density at radius 1 is 0.354 bits per heavy atom. The second kappa shape index (κ2) is 12.0. The topological polar surface area (TPSA) is 3.24 Å². The van der Waals surface area contributed by atoms with Crippen LogP contribution in [0.5, 0.6) is 0 Å². The molecule has 0 radical (unpaired) electrons. The third kappa shape index (κ3) is 5.04. The molecule has 1 heterocycles. The number of anilines is 3. The Morgan fingerprint density at radius 2 is 0.917 bits per heavy atom. The SMILES string of the molecule is c1ccc(-c2cc(-c3ccccc3)cc(N(c3cccc(-c4cccc5ccccc45)c3)c3cccc4sc5ccccc5c34)c2)cc1. The van der Waals surface area contributed by atoms with Crippen molar-refractivity contribution in [3.05, 3.63) is 188 Å². The minimum Gasteiger partial charge on any atom is -0.310 e. The average Bonchev–Trinajstić information content (AvgIpc) is 3.55. The van der Waals surface area contributed by atoms with Crippen molar-refractivity contribution in [1.29, 1.82) is 0 Å². The lowest BCUT2D eigenvalue weighted by Gasteiger charge is -2.28. The number of fused-ring (bicyclic) bond motifs is 4. The second-order valence-corrected chi connectivity index (χ2v) is 13.2. The van der Waals surface area contributed by atoms with Crippen molar-refractivity contribution in [2.24, 2.45) is 0 Å². The zero-order chi connectivity index (χ0) is 31.9. The highest BCUT2D eigenvalue weighted by atomic mass is 32.1. The van der Waals surface area contributed by atoms with E-state index in [9.17, 15) is 0 Å². The summed E-state index contributed by atoms with van der Waals surface area (Å²) in [6.07, 6.45) is 0. The Bertz CT molecular complexity index is 2500. The van der Waals surface area contributed by atoms with Gasteiger partial charge in [-0.1, -0.05) is 140 Å². The lowest BCUT2D eigenvalue weighted by Crippen LogP contribution is -2.11. The molecule has 8 aromatic carbocycles. The third-order valence-corrected chi connectivity index (χ3v) is 10.4. The third-order valence-electron chi connectivity index (χ3n) is 9.22. The number of benzene rings is 8. The molecule has 0 fully saturated rings. The predicted molar refractivity (Wildman–Crippen MR) is 208 cm³/mol. The molecule has 48 heavy (non-hydrogen) atoms. The number of nitrogens with zero attached hydrogens (tertiary/aromatic N) is 1. The maximum absolute atomic E-state index is 2.47. The summed E-state index contributed by atoms with van der Waals surface area (Å²) in [4.78, 5) is 2.47. The molecule has 0 bridgehead atoms. The van der Waals surface area contributed by atoms with E-state index in [1.54, 1.807) is 0 Å². The van der Waals surface area contributed by atoms with E-state index in [0.29, 0.717) is 0 Å². The molecule has 0 aliphatic carbocycles. The van der Waals surface area contributed by atoms with Crippen LogP contribution in [0.4, 0.5) is 17.1 Å². The van der Waals surface area contributed by atoms with Gasteiger partial charge < -0.3 is 4.90 Å². The van der Waals surface area contributed by atoms with Crippen LogP contribution in [0.15, 0.2) is 188 Å². The summed E-state index contributed by atoms with van der Waals surface area (Å²) in [5, 5.41) is 5.06. The van der Waals surface area contributed by atoms with Gasteiger partial charge in [0, 0.05) is 31.5 Å². The molecule has 9 rings (SSSR count). The lowest BCUT2D eigenvalue weighted by atomic mass is 9.96. The molecule has 9 aromatic rings. The van der Waals surface area contributed by atoms with Gasteiger partial charge in [0.1, 0.15) is 0 Å². The first-order chi connectivity index (χ1) is 23.8. The minimum absolute atomic E-state index is 1.12. The highest BCUT2D eigenvalue weighted by Crippen LogP contribution is 2.47. The number of hydrogen-bond donors (Lipinski definition) is 0. The van der Waals surface area contributed by atoms with Crippen molar-refractivity contribution in [3.63, 3.8) is 0 Å². The van der Waals surface area contributed by atoms with Crippen LogP contribution in [0.25, 0.3) is 64.3 Å². The maximum Gasteiger partial charge on any atom is 0.0554 e. The zero-order valence-electron chi connectivity index (χ0n) is 26.3. The Hall–Kier alpha value is -5.96. The first-order valence-corrected chi connectivity index (χ1v) is 17.2. The smallest absolute Gasteiger partial charge is 0.0554 e.